The largest absolute Gasteiger partial charge is 0.468 e. The van der Waals surface area contributed by atoms with Gasteiger partial charge in [-0.1, -0.05) is 6.07 Å². The third kappa shape index (κ3) is 5.19. The van der Waals surface area contributed by atoms with Crippen LogP contribution in [0, 0.1) is 25.2 Å². The average Bonchev–Trinajstić information content (AvgIpc) is 3.00. The van der Waals surface area contributed by atoms with Crippen LogP contribution in [0.25, 0.3) is 0 Å². The molecule has 0 aliphatic heterocycles. The van der Waals surface area contributed by atoms with Gasteiger partial charge < -0.3 is 9.32 Å². The van der Waals surface area contributed by atoms with E-state index in [1.165, 1.54) is 11.8 Å². The second-order valence-electron chi connectivity index (χ2n) is 5.37. The molecule has 4 nitrogen and oxygen atoms in total. The molecule has 1 aromatic carbocycles. The van der Waals surface area contributed by atoms with E-state index in [1.807, 2.05) is 38.1 Å². The molecule has 0 aliphatic rings. The zero-order valence-electron chi connectivity index (χ0n) is 13.4. The first-order chi connectivity index (χ1) is 11.1. The number of hydrogen-bond donors (Lipinski definition) is 0. The molecule has 1 aromatic heterocycles. The predicted molar refractivity (Wildman–Crippen MR) is 93.4 cm³/mol. The number of nitrogens with zero attached hydrogens (tertiary/aromatic N) is 2. The molecule has 120 valence electrons. The lowest BCUT2D eigenvalue weighted by atomic mass is 10.1. The molecule has 0 unspecified atom stereocenters. The van der Waals surface area contributed by atoms with Crippen molar-refractivity contribution in [2.45, 2.75) is 26.0 Å². The van der Waals surface area contributed by atoms with E-state index in [4.69, 9.17) is 9.68 Å². The van der Waals surface area contributed by atoms with E-state index < -0.39 is 0 Å². The summed E-state index contributed by atoms with van der Waals surface area (Å²) in [5.74, 6) is 1.90. The minimum atomic E-state index is 0.0156. The monoisotopic (exact) mass is 328 g/mol. The Labute approximate surface area is 141 Å². The lowest BCUT2D eigenvalue weighted by molar-refractivity contribution is -0.116. The average molecular weight is 328 g/mol. The molecule has 23 heavy (non-hydrogen) atoms. The maximum atomic E-state index is 12.6. The number of nitriles is 1. The number of furan rings is 1. The fourth-order valence-electron chi connectivity index (χ4n) is 2.38. The third-order valence-electron chi connectivity index (χ3n) is 3.32. The molecule has 0 spiro atoms. The maximum absolute atomic E-state index is 12.6. The first kappa shape index (κ1) is 17.2. The number of amides is 1. The molecule has 2 aromatic rings. The smallest absolute Gasteiger partial charge is 0.237 e. The van der Waals surface area contributed by atoms with E-state index >= 15 is 0 Å². The Balaban J connectivity index is 2.04. The Hall–Kier alpha value is -2.19. The highest BCUT2D eigenvalue weighted by Gasteiger charge is 2.16. The fourth-order valence-corrected chi connectivity index (χ4v) is 3.18. The number of anilines is 1. The van der Waals surface area contributed by atoms with Crippen LogP contribution < -0.4 is 4.90 Å². The second-order valence-corrected chi connectivity index (χ2v) is 6.36. The number of benzene rings is 1. The minimum absolute atomic E-state index is 0.0156. The maximum Gasteiger partial charge on any atom is 0.237 e. The molecule has 1 heterocycles. The summed E-state index contributed by atoms with van der Waals surface area (Å²) in [5, 5.41) is 8.85. The van der Waals surface area contributed by atoms with Gasteiger partial charge in [-0.2, -0.15) is 5.26 Å². The van der Waals surface area contributed by atoms with Crippen LogP contribution in [0.4, 0.5) is 5.69 Å². The number of carbonyl (C=O) groups excluding carboxylic acids is 1. The lowest BCUT2D eigenvalue weighted by Crippen LogP contribution is -2.33. The Kier molecular flexibility index (Phi) is 6.30. The molecular weight excluding hydrogens is 308 g/mol. The summed E-state index contributed by atoms with van der Waals surface area (Å²) in [6.45, 7) is 4.43. The van der Waals surface area contributed by atoms with Crippen LogP contribution in [0.15, 0.2) is 41.0 Å². The summed E-state index contributed by atoms with van der Waals surface area (Å²) in [6.07, 6.45) is 1.95. The van der Waals surface area contributed by atoms with Crippen LogP contribution in [0.1, 0.15) is 23.3 Å². The molecule has 0 fully saturated rings. The molecule has 0 saturated carbocycles. The normalized spacial score (nSPS) is 10.3. The van der Waals surface area contributed by atoms with E-state index in [0.717, 1.165) is 22.6 Å². The van der Waals surface area contributed by atoms with Gasteiger partial charge in [-0.25, -0.2) is 0 Å². The van der Waals surface area contributed by atoms with Crippen molar-refractivity contribution in [1.29, 1.82) is 5.26 Å². The van der Waals surface area contributed by atoms with Crippen LogP contribution in [-0.4, -0.2) is 18.2 Å². The van der Waals surface area contributed by atoms with Crippen molar-refractivity contribution in [2.75, 3.05) is 17.2 Å². The minimum Gasteiger partial charge on any atom is -0.468 e. The van der Waals surface area contributed by atoms with Crippen LogP contribution in [-0.2, 0) is 10.5 Å². The van der Waals surface area contributed by atoms with Gasteiger partial charge >= 0.3 is 0 Å². The Bertz CT molecular complexity index is 669. The van der Waals surface area contributed by atoms with Crippen molar-refractivity contribution in [3.8, 4) is 6.07 Å². The summed E-state index contributed by atoms with van der Waals surface area (Å²) >= 11 is 1.52. The van der Waals surface area contributed by atoms with Crippen molar-refractivity contribution >= 4 is 23.4 Å². The van der Waals surface area contributed by atoms with Gasteiger partial charge in [0.1, 0.15) is 5.76 Å². The zero-order chi connectivity index (χ0) is 16.7. The van der Waals surface area contributed by atoms with E-state index in [2.05, 4.69) is 12.1 Å². The van der Waals surface area contributed by atoms with Crippen LogP contribution in [0.2, 0.25) is 0 Å². The molecule has 0 aliphatic carbocycles. The van der Waals surface area contributed by atoms with Gasteiger partial charge in [0.2, 0.25) is 5.91 Å². The van der Waals surface area contributed by atoms with Gasteiger partial charge in [0.05, 0.1) is 30.3 Å². The van der Waals surface area contributed by atoms with Gasteiger partial charge in [0.15, 0.2) is 0 Å². The summed E-state index contributed by atoms with van der Waals surface area (Å²) in [6, 6.07) is 11.9. The topological polar surface area (TPSA) is 57.2 Å². The first-order valence-corrected chi connectivity index (χ1v) is 8.61. The molecule has 2 rings (SSSR count). The zero-order valence-corrected chi connectivity index (χ0v) is 14.2. The van der Waals surface area contributed by atoms with Crippen LogP contribution in [0.5, 0.6) is 0 Å². The Morgan fingerprint density at radius 3 is 2.65 bits per heavy atom. The van der Waals surface area contributed by atoms with Crippen molar-refractivity contribution in [3.05, 3.63) is 53.5 Å². The third-order valence-corrected chi connectivity index (χ3v) is 4.26. The molecule has 0 saturated heterocycles. The van der Waals surface area contributed by atoms with Crippen molar-refractivity contribution < 1.29 is 9.21 Å². The van der Waals surface area contributed by atoms with E-state index in [0.29, 0.717) is 24.5 Å². The highest BCUT2D eigenvalue weighted by molar-refractivity contribution is 7.99. The summed E-state index contributed by atoms with van der Waals surface area (Å²) < 4.78 is 5.27. The van der Waals surface area contributed by atoms with E-state index in [9.17, 15) is 4.79 Å². The van der Waals surface area contributed by atoms with Gasteiger partial charge in [0.25, 0.3) is 0 Å². The molecule has 1 amide bonds. The fraction of sp³-hybridized carbons (Fsp3) is 0.333. The number of aryl methyl sites for hydroxylation is 2. The quantitative estimate of drug-likeness (QED) is 0.768. The molecule has 5 heteroatoms. The van der Waals surface area contributed by atoms with E-state index in [1.54, 1.807) is 11.2 Å². The Morgan fingerprint density at radius 2 is 2.04 bits per heavy atom. The molecule has 0 atom stereocenters. The van der Waals surface area contributed by atoms with Crippen molar-refractivity contribution in [3.63, 3.8) is 0 Å². The number of hydrogen-bond acceptors (Lipinski definition) is 4. The second kappa shape index (κ2) is 8.44. The molecular formula is C18H20N2O2S. The number of thioether (sulfide) groups is 1. The molecule has 0 bridgehead atoms. The molecule has 0 N–H and O–H groups in total. The predicted octanol–water partition coefficient (Wildman–Crippen LogP) is 4.08. The number of rotatable bonds is 7. The molecule has 0 radical (unpaired) electrons. The van der Waals surface area contributed by atoms with Gasteiger partial charge in [-0.3, -0.25) is 4.79 Å². The highest BCUT2D eigenvalue weighted by atomic mass is 32.2. The first-order valence-electron chi connectivity index (χ1n) is 7.46. The summed E-state index contributed by atoms with van der Waals surface area (Å²) in [7, 11) is 0. The summed E-state index contributed by atoms with van der Waals surface area (Å²) in [4.78, 5) is 14.3. The van der Waals surface area contributed by atoms with Gasteiger partial charge in [-0.05, 0) is 49.2 Å². The SMILES string of the molecule is Cc1cc(C)cc(N(CCC#N)C(=O)CSCc2ccco2)c1. The lowest BCUT2D eigenvalue weighted by Gasteiger charge is -2.22. The van der Waals surface area contributed by atoms with Crippen molar-refractivity contribution in [1.82, 2.24) is 0 Å². The van der Waals surface area contributed by atoms with Crippen molar-refractivity contribution in [2.24, 2.45) is 0 Å². The van der Waals surface area contributed by atoms with Crippen LogP contribution >= 0.6 is 11.8 Å². The van der Waals surface area contributed by atoms with Crippen LogP contribution in [0.3, 0.4) is 0 Å². The highest BCUT2D eigenvalue weighted by Crippen LogP contribution is 2.21. The number of carbonyl (C=O) groups is 1. The summed E-state index contributed by atoms with van der Waals surface area (Å²) in [5.41, 5.74) is 3.08. The standard InChI is InChI=1S/C18H20N2O2S/c1-14-9-15(2)11-16(10-14)20(7-4-6-19)18(21)13-23-12-17-5-3-8-22-17/h3,5,8-11H,4,7,12-13H2,1-2H3. The van der Waals surface area contributed by atoms with Gasteiger partial charge in [0, 0.05) is 12.2 Å². The van der Waals surface area contributed by atoms with E-state index in [-0.39, 0.29) is 5.91 Å². The van der Waals surface area contributed by atoms with Gasteiger partial charge in [-0.15, -0.1) is 11.8 Å². The Morgan fingerprint density at radius 1 is 1.30 bits per heavy atom.